The number of amides is 4. The number of piperidine rings is 2. The second-order valence-electron chi connectivity index (χ2n) is 17.9. The van der Waals surface area contributed by atoms with E-state index >= 15 is 0 Å². The van der Waals surface area contributed by atoms with Crippen molar-refractivity contribution in [3.8, 4) is 22.3 Å². The van der Waals surface area contributed by atoms with Crippen molar-refractivity contribution >= 4 is 69.6 Å². The number of likely N-dealkylation sites (tertiary alicyclic amines) is 3. The Kier molecular flexibility index (Phi) is 16.8. The number of halogens is 6. The van der Waals surface area contributed by atoms with Gasteiger partial charge in [-0.05, 0) is 109 Å². The number of carboxylic acid groups (broad SMARTS) is 1. The molecule has 392 valence electrons. The molecule has 9 rings (SSSR count). The second kappa shape index (κ2) is 23.2. The minimum Gasteiger partial charge on any atom is -0.480 e. The number of aliphatic carboxylic acids is 1. The van der Waals surface area contributed by atoms with Crippen LogP contribution in [0.1, 0.15) is 113 Å². The first-order chi connectivity index (χ1) is 35.8. The number of thiazole rings is 2. The number of nitrogens with zero attached hydrogens (tertiary/aromatic N) is 5. The highest BCUT2D eigenvalue weighted by atomic mass is 32.1. The number of rotatable bonds is 9. The van der Waals surface area contributed by atoms with Crippen LogP contribution < -0.4 is 16.6 Å². The third-order valence-corrected chi connectivity index (χ3v) is 15.5. The first kappa shape index (κ1) is 54.2. The molecule has 4 aromatic carbocycles. The smallest absolute Gasteiger partial charge is 0.416 e. The van der Waals surface area contributed by atoms with E-state index in [1.807, 2.05) is 0 Å². The van der Waals surface area contributed by atoms with E-state index in [2.05, 4.69) is 20.7 Å². The third kappa shape index (κ3) is 12.7. The summed E-state index contributed by atoms with van der Waals surface area (Å²) in [5.74, 6) is 3.15. The van der Waals surface area contributed by atoms with Crippen LogP contribution in [-0.4, -0.2) is 103 Å². The van der Waals surface area contributed by atoms with Gasteiger partial charge in [-0.2, -0.15) is 26.3 Å². The highest BCUT2D eigenvalue weighted by Gasteiger charge is 2.37. The zero-order valence-corrected chi connectivity index (χ0v) is 42.1. The number of carboxylic acids is 1. The molecule has 0 spiro atoms. The number of hydrazine groups is 1. The van der Waals surface area contributed by atoms with Crippen LogP contribution in [0.2, 0.25) is 0 Å². The van der Waals surface area contributed by atoms with Crippen molar-refractivity contribution in [2.45, 2.75) is 68.8 Å². The maximum atomic E-state index is 13.4. The molecule has 3 saturated heterocycles. The summed E-state index contributed by atoms with van der Waals surface area (Å²) < 4.78 is 77.7. The molecule has 2 aromatic heterocycles. The van der Waals surface area contributed by atoms with E-state index in [0.717, 1.165) is 34.3 Å². The Morgan fingerprint density at radius 3 is 1.45 bits per heavy atom. The number of nitrogens with two attached hydrogens (primary N) is 1. The van der Waals surface area contributed by atoms with Crippen LogP contribution in [0.3, 0.4) is 0 Å². The van der Waals surface area contributed by atoms with Gasteiger partial charge < -0.3 is 25.2 Å². The van der Waals surface area contributed by atoms with Crippen molar-refractivity contribution in [3.05, 3.63) is 151 Å². The van der Waals surface area contributed by atoms with Crippen molar-refractivity contribution in [2.75, 3.05) is 32.7 Å². The number of carbonyl (C=O) groups excluding carboxylic acids is 4. The van der Waals surface area contributed by atoms with Crippen LogP contribution >= 0.6 is 34.9 Å². The van der Waals surface area contributed by atoms with Crippen LogP contribution in [0.5, 0.6) is 0 Å². The molecule has 3 fully saturated rings. The monoisotopic (exact) mass is 1090 g/mol. The Morgan fingerprint density at radius 1 is 0.600 bits per heavy atom. The summed E-state index contributed by atoms with van der Waals surface area (Å²) in [5.41, 5.74) is 4.30. The summed E-state index contributed by atoms with van der Waals surface area (Å²) in [6, 6.07) is 22.6. The van der Waals surface area contributed by atoms with Gasteiger partial charge in [0.1, 0.15) is 17.4 Å². The molecule has 5 N–H and O–H groups in total. The first-order valence-corrected chi connectivity index (χ1v) is 25.9. The van der Waals surface area contributed by atoms with Gasteiger partial charge in [0, 0.05) is 66.4 Å². The number of hydrogen-bond donors (Lipinski definition) is 4. The lowest BCUT2D eigenvalue weighted by molar-refractivity contribution is -0.141. The molecule has 0 bridgehead atoms. The Hall–Kier alpha value is -7.08. The number of nitrogens with one attached hydrogen (secondary N) is 2. The number of benzene rings is 4. The molecule has 75 heavy (non-hydrogen) atoms. The summed E-state index contributed by atoms with van der Waals surface area (Å²) in [5, 5.41) is 16.7. The average molecular weight is 1090 g/mol. The molecular formula is C52H48F6N8O6S3. The Balaban J connectivity index is 0.000000200. The van der Waals surface area contributed by atoms with E-state index in [1.165, 1.54) is 51.8 Å². The highest BCUT2D eigenvalue weighted by Crippen LogP contribution is 2.37. The second-order valence-corrected chi connectivity index (χ2v) is 20.1. The van der Waals surface area contributed by atoms with Crippen molar-refractivity contribution in [1.29, 1.82) is 0 Å². The molecule has 0 unspecified atom stereocenters. The quantitative estimate of drug-likeness (QED) is 0.0467. The van der Waals surface area contributed by atoms with E-state index in [1.54, 1.807) is 69.1 Å². The molecule has 1 atom stereocenters. The fourth-order valence-corrected chi connectivity index (χ4v) is 11.3. The number of carbonyl (C=O) groups is 5. The standard InChI is InChI=1S/C28H26F3N3O4S.C24H22F3N5O2S2/c29-28(30,31)19-9-7-17(8-10-19)20-4-1-2-5-21(20)25(35)33-14-11-18(12-15-33)24-32-22(16-39-24)26(36)34-13-3-6-23(34)27(37)38;25-24(26,27)16-7-5-14(6-8-16)17-3-1-2-4-18(17)22(34)32-11-9-15(10-12-32)21-29-19(13-36-21)20(33)30-23(35)31-28/h1-2,4-5,7-10,16,18,23H,3,6,11-15H2,(H,37,38);1-8,13,15H,9-12,28H2,(H2,30,31,33,35)/t23-;/m0./s1. The van der Waals surface area contributed by atoms with Crippen LogP contribution in [0, 0.1) is 0 Å². The Morgan fingerprint density at radius 2 is 1.03 bits per heavy atom. The van der Waals surface area contributed by atoms with E-state index in [9.17, 15) is 55.4 Å². The maximum absolute atomic E-state index is 13.4. The lowest BCUT2D eigenvalue weighted by Crippen LogP contribution is -2.42. The number of hydrogen-bond acceptors (Lipinski definition) is 11. The lowest BCUT2D eigenvalue weighted by atomic mass is 9.94. The van der Waals surface area contributed by atoms with Crippen molar-refractivity contribution in [2.24, 2.45) is 5.84 Å². The number of thiocarbonyl (C=S) groups is 1. The third-order valence-electron chi connectivity index (χ3n) is 13.3. The fourth-order valence-electron chi connectivity index (χ4n) is 9.29. The molecule has 23 heteroatoms. The van der Waals surface area contributed by atoms with Gasteiger partial charge in [-0.1, -0.05) is 60.7 Å². The predicted molar refractivity (Wildman–Crippen MR) is 273 cm³/mol. The van der Waals surface area contributed by atoms with Gasteiger partial charge in [-0.3, -0.25) is 24.5 Å². The summed E-state index contributed by atoms with van der Waals surface area (Å²) in [7, 11) is 0. The van der Waals surface area contributed by atoms with Crippen LogP contribution in [0.25, 0.3) is 22.3 Å². The maximum Gasteiger partial charge on any atom is 0.416 e. The van der Waals surface area contributed by atoms with Crippen LogP contribution in [0.15, 0.2) is 108 Å². The largest absolute Gasteiger partial charge is 0.480 e. The zero-order chi connectivity index (χ0) is 53.6. The van der Waals surface area contributed by atoms with Gasteiger partial charge in [0.2, 0.25) is 0 Å². The molecular weight excluding hydrogens is 1040 g/mol. The molecule has 3 aliphatic heterocycles. The first-order valence-electron chi connectivity index (χ1n) is 23.7. The number of aromatic nitrogens is 2. The minimum atomic E-state index is -4.43. The summed E-state index contributed by atoms with van der Waals surface area (Å²) in [4.78, 5) is 77.1. The molecule has 14 nitrogen and oxygen atoms in total. The molecule has 0 radical (unpaired) electrons. The minimum absolute atomic E-state index is 0.00190. The van der Waals surface area contributed by atoms with Crippen molar-refractivity contribution < 1.29 is 55.4 Å². The molecule has 5 heterocycles. The van der Waals surface area contributed by atoms with E-state index < -0.39 is 41.4 Å². The molecule has 0 aliphatic carbocycles. The van der Waals surface area contributed by atoms with Crippen LogP contribution in [0.4, 0.5) is 26.3 Å². The Bertz CT molecular complexity index is 3060. The average Bonchev–Trinajstić information content (AvgIpc) is 4.24. The van der Waals surface area contributed by atoms with E-state index in [0.29, 0.717) is 105 Å². The summed E-state index contributed by atoms with van der Waals surface area (Å²) in [6.07, 6.45) is -5.13. The zero-order valence-electron chi connectivity index (χ0n) is 39.7. The van der Waals surface area contributed by atoms with Gasteiger partial charge in [0.15, 0.2) is 5.11 Å². The topological polar surface area (TPSA) is 191 Å². The number of alkyl halides is 6. The molecule has 0 saturated carbocycles. The van der Waals surface area contributed by atoms with Gasteiger partial charge in [-0.15, -0.1) is 22.7 Å². The van der Waals surface area contributed by atoms with Gasteiger partial charge in [0.25, 0.3) is 23.6 Å². The molecule has 4 amide bonds. The summed E-state index contributed by atoms with van der Waals surface area (Å²) >= 11 is 7.58. The van der Waals surface area contributed by atoms with Gasteiger partial charge in [0.05, 0.1) is 21.1 Å². The Labute approximate surface area is 439 Å². The normalized spacial score (nSPS) is 16.5. The lowest BCUT2D eigenvalue weighted by Gasteiger charge is -2.31. The SMILES string of the molecule is NNC(=S)NC(=O)c1csc(C2CCN(C(=O)c3ccccc3-c3ccc(C(F)(F)F)cc3)CC2)n1.O=C(O)[C@@H]1CCCN1C(=O)c1csc(C2CCN(C(=O)c3ccccc3-c3ccc(C(F)(F)F)cc3)CC2)n1. The van der Waals surface area contributed by atoms with E-state index in [4.69, 9.17) is 18.1 Å². The van der Waals surface area contributed by atoms with Crippen molar-refractivity contribution in [1.82, 2.24) is 35.4 Å². The highest BCUT2D eigenvalue weighted by molar-refractivity contribution is 7.80. The summed E-state index contributed by atoms with van der Waals surface area (Å²) in [6.45, 7) is 2.33. The molecule has 6 aromatic rings. The van der Waals surface area contributed by atoms with Crippen LogP contribution in [-0.2, 0) is 17.1 Å². The van der Waals surface area contributed by atoms with Gasteiger partial charge in [-0.25, -0.2) is 20.6 Å². The fraction of sp³-hybridized carbons (Fsp3) is 0.308. The van der Waals surface area contributed by atoms with Crippen molar-refractivity contribution in [3.63, 3.8) is 0 Å². The van der Waals surface area contributed by atoms with E-state index in [-0.39, 0.29) is 46.1 Å². The predicted octanol–water partition coefficient (Wildman–Crippen LogP) is 9.86. The van der Waals surface area contributed by atoms with Gasteiger partial charge >= 0.3 is 18.3 Å². The molecule has 3 aliphatic rings.